The van der Waals surface area contributed by atoms with Crippen molar-refractivity contribution < 1.29 is 24.9 Å². The molecule has 22 heavy (non-hydrogen) atoms. The number of aliphatic hydroxyl groups is 3. The Morgan fingerprint density at radius 3 is 2.86 bits per heavy atom. The normalized spacial score (nSPS) is 31.8. The van der Waals surface area contributed by atoms with Gasteiger partial charge in [0.05, 0.1) is 20.0 Å². The number of aliphatic hydroxyl groups excluding tert-OH is 2. The van der Waals surface area contributed by atoms with E-state index in [9.17, 15) is 15.3 Å². The lowest BCUT2D eigenvalue weighted by molar-refractivity contribution is -0.0804. The average Bonchev–Trinajstić information content (AvgIpc) is 3.01. The van der Waals surface area contributed by atoms with E-state index in [1.807, 2.05) is 0 Å². The molecule has 1 fully saturated rings. The molecule has 1 saturated heterocycles. The zero-order chi connectivity index (χ0) is 15.9. The molecule has 4 atom stereocenters. The maximum Gasteiger partial charge on any atom is 0.181 e. The second kappa shape index (κ2) is 5.41. The lowest BCUT2D eigenvalue weighted by Gasteiger charge is -2.25. The Balaban J connectivity index is 2.03. The minimum atomic E-state index is -1.59. The van der Waals surface area contributed by atoms with Crippen LogP contribution in [0.3, 0.4) is 0 Å². The Labute approximate surface area is 125 Å². The van der Waals surface area contributed by atoms with Gasteiger partial charge < -0.3 is 20.1 Å². The van der Waals surface area contributed by atoms with Crippen LogP contribution in [0.25, 0.3) is 11.2 Å². The Kier molecular flexibility index (Phi) is 3.70. The van der Waals surface area contributed by atoms with E-state index >= 15 is 0 Å². The summed E-state index contributed by atoms with van der Waals surface area (Å²) < 4.78 is 7.03. The van der Waals surface area contributed by atoms with Crippen molar-refractivity contribution in [2.45, 2.75) is 31.0 Å². The zero-order valence-corrected chi connectivity index (χ0v) is 12.0. The van der Waals surface area contributed by atoms with Crippen LogP contribution in [0.4, 0.5) is 5.82 Å². The topological polar surface area (TPSA) is 135 Å². The van der Waals surface area contributed by atoms with Gasteiger partial charge in [-0.1, -0.05) is 0 Å². The summed E-state index contributed by atoms with van der Waals surface area (Å²) >= 11 is 0. The van der Waals surface area contributed by atoms with Gasteiger partial charge in [-0.15, -0.1) is 0 Å². The summed E-state index contributed by atoms with van der Waals surface area (Å²) in [4.78, 5) is 17.1. The highest BCUT2D eigenvalue weighted by Gasteiger charge is 2.52. The van der Waals surface area contributed by atoms with E-state index in [0.717, 1.165) is 0 Å². The van der Waals surface area contributed by atoms with E-state index in [2.05, 4.69) is 20.4 Å². The van der Waals surface area contributed by atoms with Crippen molar-refractivity contribution in [2.24, 2.45) is 0 Å². The fourth-order valence-electron chi connectivity index (χ4n) is 2.51. The molecular formula is C12H17N5O5. The Hall–Kier alpha value is -1.85. The van der Waals surface area contributed by atoms with Crippen molar-refractivity contribution in [1.29, 1.82) is 0 Å². The van der Waals surface area contributed by atoms with Crippen LogP contribution in [0.5, 0.6) is 0 Å². The number of rotatable bonds is 4. The van der Waals surface area contributed by atoms with Crippen molar-refractivity contribution in [3.63, 3.8) is 0 Å². The Morgan fingerprint density at radius 2 is 2.23 bits per heavy atom. The predicted molar refractivity (Wildman–Crippen MR) is 73.6 cm³/mol. The fourth-order valence-corrected chi connectivity index (χ4v) is 2.51. The van der Waals surface area contributed by atoms with Crippen molar-refractivity contribution in [3.05, 3.63) is 12.7 Å². The molecule has 3 heterocycles. The van der Waals surface area contributed by atoms with E-state index in [1.165, 1.54) is 31.3 Å². The first-order chi connectivity index (χ1) is 10.5. The molecule has 10 heteroatoms. The standard InChI is InChI=1S/C12H17N5O5/c1-12(20)6(3-18)22-11(8(12)19)17-5-15-7-9(16-21-2)13-4-14-10(7)17/h4-6,8,11,18-20H,3H2,1-2H3,(H,13,14,16)/t6-,8+,11-,12-/m1/s1. The summed E-state index contributed by atoms with van der Waals surface area (Å²) in [6.07, 6.45) is -0.365. The van der Waals surface area contributed by atoms with Crippen LogP contribution < -0.4 is 5.48 Å². The SMILES string of the molecule is CONc1ncnc2c1ncn2[C@@H]1O[C@H](CO)[C@@](C)(O)[C@H]1O. The number of ether oxygens (including phenoxy) is 1. The van der Waals surface area contributed by atoms with Crippen molar-refractivity contribution >= 4 is 17.0 Å². The van der Waals surface area contributed by atoms with Gasteiger partial charge in [0.15, 0.2) is 23.2 Å². The molecule has 4 N–H and O–H groups in total. The fraction of sp³-hybridized carbons (Fsp3) is 0.583. The first kappa shape index (κ1) is 15.1. The van der Waals surface area contributed by atoms with Gasteiger partial charge in [0.1, 0.15) is 24.1 Å². The van der Waals surface area contributed by atoms with Gasteiger partial charge in [0.2, 0.25) is 0 Å². The van der Waals surface area contributed by atoms with E-state index in [0.29, 0.717) is 17.0 Å². The average molecular weight is 311 g/mol. The highest BCUT2D eigenvalue weighted by Crippen LogP contribution is 2.38. The monoisotopic (exact) mass is 311 g/mol. The smallest absolute Gasteiger partial charge is 0.181 e. The minimum Gasteiger partial charge on any atom is -0.394 e. The molecular weight excluding hydrogens is 294 g/mol. The molecule has 0 aliphatic carbocycles. The molecule has 10 nitrogen and oxygen atoms in total. The van der Waals surface area contributed by atoms with Gasteiger partial charge in [0.25, 0.3) is 0 Å². The molecule has 0 saturated carbocycles. The van der Waals surface area contributed by atoms with Gasteiger partial charge in [-0.3, -0.25) is 9.40 Å². The minimum absolute atomic E-state index is 0.365. The maximum absolute atomic E-state index is 10.3. The molecule has 0 bridgehead atoms. The molecule has 1 aliphatic rings. The van der Waals surface area contributed by atoms with Crippen molar-refractivity contribution in [3.8, 4) is 0 Å². The third-order valence-electron chi connectivity index (χ3n) is 3.82. The largest absolute Gasteiger partial charge is 0.394 e. The second-order valence-corrected chi connectivity index (χ2v) is 5.22. The van der Waals surface area contributed by atoms with Gasteiger partial charge >= 0.3 is 0 Å². The van der Waals surface area contributed by atoms with Crippen LogP contribution in [0.15, 0.2) is 12.7 Å². The first-order valence-electron chi connectivity index (χ1n) is 6.64. The molecule has 0 unspecified atom stereocenters. The highest BCUT2D eigenvalue weighted by molar-refractivity contribution is 5.82. The van der Waals surface area contributed by atoms with Crippen LogP contribution in [-0.4, -0.2) is 66.4 Å². The van der Waals surface area contributed by atoms with Gasteiger partial charge in [-0.05, 0) is 6.92 Å². The maximum atomic E-state index is 10.3. The molecule has 0 spiro atoms. The number of hydrogen-bond donors (Lipinski definition) is 4. The number of imidazole rings is 1. The number of aromatic nitrogens is 4. The summed E-state index contributed by atoms with van der Waals surface area (Å²) in [7, 11) is 1.44. The van der Waals surface area contributed by atoms with Crippen molar-refractivity contribution in [1.82, 2.24) is 19.5 Å². The number of fused-ring (bicyclic) bond motifs is 1. The quantitative estimate of drug-likeness (QED) is 0.513. The van der Waals surface area contributed by atoms with E-state index < -0.39 is 30.6 Å². The third kappa shape index (κ3) is 2.12. The molecule has 3 rings (SSSR count). The number of hydrogen-bond acceptors (Lipinski definition) is 9. The van der Waals surface area contributed by atoms with Gasteiger partial charge in [-0.2, -0.15) is 0 Å². The van der Waals surface area contributed by atoms with Crippen LogP contribution in [-0.2, 0) is 9.57 Å². The summed E-state index contributed by atoms with van der Waals surface area (Å²) in [6, 6.07) is 0. The van der Waals surface area contributed by atoms with Crippen molar-refractivity contribution in [2.75, 3.05) is 19.2 Å². The summed E-state index contributed by atoms with van der Waals surface area (Å²) in [5.74, 6) is 0.365. The first-order valence-corrected chi connectivity index (χ1v) is 6.64. The lowest BCUT2D eigenvalue weighted by Crippen LogP contribution is -2.46. The molecule has 0 radical (unpaired) electrons. The predicted octanol–water partition coefficient (Wildman–Crippen LogP) is -1.20. The molecule has 2 aromatic rings. The third-order valence-corrected chi connectivity index (χ3v) is 3.82. The number of nitrogens with one attached hydrogen (secondary N) is 1. The van der Waals surface area contributed by atoms with Gasteiger partial charge in [0, 0.05) is 0 Å². The summed E-state index contributed by atoms with van der Waals surface area (Å²) in [5.41, 5.74) is 1.82. The van der Waals surface area contributed by atoms with Crippen LogP contribution >= 0.6 is 0 Å². The summed E-state index contributed by atoms with van der Waals surface area (Å²) in [5, 5.41) is 29.9. The molecule has 120 valence electrons. The number of anilines is 1. The Morgan fingerprint density at radius 1 is 1.45 bits per heavy atom. The number of nitrogens with zero attached hydrogens (tertiary/aromatic N) is 4. The van der Waals surface area contributed by atoms with E-state index in [4.69, 9.17) is 9.57 Å². The van der Waals surface area contributed by atoms with E-state index in [-0.39, 0.29) is 0 Å². The zero-order valence-electron chi connectivity index (χ0n) is 12.0. The van der Waals surface area contributed by atoms with Crippen LogP contribution in [0, 0.1) is 0 Å². The molecule has 0 amide bonds. The highest BCUT2D eigenvalue weighted by atomic mass is 16.6. The second-order valence-electron chi connectivity index (χ2n) is 5.22. The molecule has 2 aromatic heterocycles. The van der Waals surface area contributed by atoms with Crippen LogP contribution in [0.2, 0.25) is 0 Å². The van der Waals surface area contributed by atoms with Gasteiger partial charge in [-0.25, -0.2) is 20.4 Å². The Bertz CT molecular complexity index is 675. The molecule has 1 aliphatic heterocycles. The molecule has 0 aromatic carbocycles. The van der Waals surface area contributed by atoms with E-state index in [1.54, 1.807) is 0 Å². The van der Waals surface area contributed by atoms with Crippen LogP contribution in [0.1, 0.15) is 13.2 Å². The lowest BCUT2D eigenvalue weighted by atomic mass is 9.95. The summed E-state index contributed by atoms with van der Waals surface area (Å²) in [6.45, 7) is 0.989.